The van der Waals surface area contributed by atoms with Crippen LogP contribution in [0.2, 0.25) is 0 Å². The standard InChI is InChI=1S/C54H100O6/c1-4-7-10-13-16-19-22-25-27-30-32-35-38-41-44-47-53(56)59-50-51(49-58-52(55)46-43-40-37-34-31-28-24-21-18-15-12-9-6-3)60-54(57)48-45-42-39-36-33-29-26-23-20-17-14-11-8-5-2/h28,31,37,40,51H,4-27,29-30,32-36,38-39,41-50H2,1-3H3/b31-28-,40-37-. The molecule has 352 valence electrons. The summed E-state index contributed by atoms with van der Waals surface area (Å²) in [6, 6.07) is 0. The van der Waals surface area contributed by atoms with Crippen LogP contribution in [-0.4, -0.2) is 37.2 Å². The predicted octanol–water partition coefficient (Wildman–Crippen LogP) is 17.2. The average Bonchev–Trinajstić information content (AvgIpc) is 3.24. The Kier molecular flexibility index (Phi) is 47.8. The summed E-state index contributed by atoms with van der Waals surface area (Å²) >= 11 is 0. The van der Waals surface area contributed by atoms with Crippen LogP contribution in [0.3, 0.4) is 0 Å². The van der Waals surface area contributed by atoms with Crippen LogP contribution in [0, 0.1) is 0 Å². The SMILES string of the molecule is CCCCCCCC/C=C\C/C=C\CCC(=O)OCC(COC(=O)CCCCCCCCCCCCCCCCC)OC(=O)CCCCCCCCCCCCCCCC. The van der Waals surface area contributed by atoms with Gasteiger partial charge in [0.2, 0.25) is 0 Å². The highest BCUT2D eigenvalue weighted by atomic mass is 16.6. The molecule has 0 saturated carbocycles. The molecule has 0 radical (unpaired) electrons. The largest absolute Gasteiger partial charge is 0.462 e. The number of allylic oxidation sites excluding steroid dienone is 4. The van der Waals surface area contributed by atoms with Gasteiger partial charge < -0.3 is 14.2 Å². The summed E-state index contributed by atoms with van der Waals surface area (Å²) in [5.41, 5.74) is 0. The molecule has 0 bridgehead atoms. The summed E-state index contributed by atoms with van der Waals surface area (Å²) < 4.78 is 16.7. The number of ether oxygens (including phenoxy) is 3. The number of esters is 3. The molecule has 1 atom stereocenters. The Morgan fingerprint density at radius 1 is 0.333 bits per heavy atom. The van der Waals surface area contributed by atoms with Crippen LogP contribution in [0.4, 0.5) is 0 Å². The molecule has 0 aromatic carbocycles. The van der Waals surface area contributed by atoms with Gasteiger partial charge in [-0.3, -0.25) is 14.4 Å². The van der Waals surface area contributed by atoms with E-state index < -0.39 is 6.10 Å². The molecule has 0 aromatic heterocycles. The Bertz CT molecular complexity index is 973. The van der Waals surface area contributed by atoms with Crippen LogP contribution in [0.1, 0.15) is 284 Å². The van der Waals surface area contributed by atoms with Gasteiger partial charge >= 0.3 is 17.9 Å². The molecule has 0 fully saturated rings. The van der Waals surface area contributed by atoms with Crippen molar-refractivity contribution in [3.8, 4) is 0 Å². The van der Waals surface area contributed by atoms with E-state index in [1.165, 1.54) is 186 Å². The highest BCUT2D eigenvalue weighted by Crippen LogP contribution is 2.16. The maximum atomic E-state index is 12.8. The van der Waals surface area contributed by atoms with Crippen molar-refractivity contribution in [1.29, 1.82) is 0 Å². The molecule has 0 saturated heterocycles. The molecule has 6 heteroatoms. The Hall–Kier alpha value is -2.11. The van der Waals surface area contributed by atoms with Crippen molar-refractivity contribution in [2.75, 3.05) is 13.2 Å². The second-order valence-electron chi connectivity index (χ2n) is 17.8. The van der Waals surface area contributed by atoms with E-state index in [4.69, 9.17) is 14.2 Å². The maximum absolute atomic E-state index is 12.8. The van der Waals surface area contributed by atoms with E-state index in [1.54, 1.807) is 0 Å². The molecule has 60 heavy (non-hydrogen) atoms. The lowest BCUT2D eigenvalue weighted by molar-refractivity contribution is -0.166. The first-order valence-corrected chi connectivity index (χ1v) is 26.3. The normalized spacial score (nSPS) is 12.1. The van der Waals surface area contributed by atoms with Crippen molar-refractivity contribution in [1.82, 2.24) is 0 Å². The van der Waals surface area contributed by atoms with Gasteiger partial charge in [-0.15, -0.1) is 0 Å². The topological polar surface area (TPSA) is 78.9 Å². The van der Waals surface area contributed by atoms with Crippen molar-refractivity contribution in [3.63, 3.8) is 0 Å². The second-order valence-corrected chi connectivity index (χ2v) is 17.8. The first kappa shape index (κ1) is 57.9. The minimum atomic E-state index is -0.787. The Morgan fingerprint density at radius 3 is 1.02 bits per heavy atom. The van der Waals surface area contributed by atoms with Gasteiger partial charge in [0.1, 0.15) is 13.2 Å². The predicted molar refractivity (Wildman–Crippen MR) is 256 cm³/mol. The second kappa shape index (κ2) is 49.5. The van der Waals surface area contributed by atoms with Gasteiger partial charge in [0.05, 0.1) is 0 Å². The van der Waals surface area contributed by atoms with Gasteiger partial charge in [-0.1, -0.05) is 251 Å². The van der Waals surface area contributed by atoms with E-state index in [-0.39, 0.29) is 37.5 Å². The van der Waals surface area contributed by atoms with Gasteiger partial charge in [-0.05, 0) is 38.5 Å². The number of hydrogen-bond acceptors (Lipinski definition) is 6. The molecule has 0 N–H and O–H groups in total. The monoisotopic (exact) mass is 845 g/mol. The summed E-state index contributed by atoms with van der Waals surface area (Å²) in [7, 11) is 0. The third-order valence-corrected chi connectivity index (χ3v) is 11.7. The zero-order valence-electron chi connectivity index (χ0n) is 40.2. The lowest BCUT2D eigenvalue weighted by atomic mass is 10.0. The summed E-state index contributed by atoms with van der Waals surface area (Å²) in [6.07, 6.45) is 56.0. The van der Waals surface area contributed by atoms with E-state index in [2.05, 4.69) is 39.0 Å². The number of unbranched alkanes of at least 4 members (excludes halogenated alkanes) is 33. The highest BCUT2D eigenvalue weighted by Gasteiger charge is 2.19. The van der Waals surface area contributed by atoms with E-state index >= 15 is 0 Å². The minimum Gasteiger partial charge on any atom is -0.462 e. The van der Waals surface area contributed by atoms with E-state index in [0.717, 1.165) is 51.4 Å². The van der Waals surface area contributed by atoms with Crippen LogP contribution in [0.25, 0.3) is 0 Å². The van der Waals surface area contributed by atoms with Crippen molar-refractivity contribution < 1.29 is 28.6 Å². The van der Waals surface area contributed by atoms with Crippen molar-refractivity contribution >= 4 is 17.9 Å². The summed E-state index contributed by atoms with van der Waals surface area (Å²) in [5, 5.41) is 0. The Balaban J connectivity index is 4.38. The molecule has 0 spiro atoms. The number of carbonyl (C=O) groups excluding carboxylic acids is 3. The highest BCUT2D eigenvalue weighted by molar-refractivity contribution is 5.71. The van der Waals surface area contributed by atoms with Gasteiger partial charge in [0, 0.05) is 19.3 Å². The smallest absolute Gasteiger partial charge is 0.306 e. The van der Waals surface area contributed by atoms with E-state index in [9.17, 15) is 14.4 Å². The van der Waals surface area contributed by atoms with Gasteiger partial charge in [-0.25, -0.2) is 0 Å². The van der Waals surface area contributed by atoms with Crippen LogP contribution in [0.5, 0.6) is 0 Å². The zero-order valence-corrected chi connectivity index (χ0v) is 40.2. The average molecular weight is 845 g/mol. The van der Waals surface area contributed by atoms with Gasteiger partial charge in [0.25, 0.3) is 0 Å². The summed E-state index contributed by atoms with van der Waals surface area (Å²) in [6.45, 7) is 6.61. The van der Waals surface area contributed by atoms with Crippen molar-refractivity contribution in [2.45, 2.75) is 290 Å². The molecule has 1 unspecified atom stereocenters. The van der Waals surface area contributed by atoms with E-state index in [1.807, 2.05) is 6.08 Å². The zero-order chi connectivity index (χ0) is 43.7. The number of carbonyl (C=O) groups is 3. The van der Waals surface area contributed by atoms with Gasteiger partial charge in [0.15, 0.2) is 6.10 Å². The first-order valence-electron chi connectivity index (χ1n) is 26.3. The van der Waals surface area contributed by atoms with Crippen LogP contribution < -0.4 is 0 Å². The molecule has 0 aliphatic heterocycles. The van der Waals surface area contributed by atoms with Crippen LogP contribution in [-0.2, 0) is 28.6 Å². The molecular formula is C54H100O6. The fourth-order valence-electron chi connectivity index (χ4n) is 7.73. The number of hydrogen-bond donors (Lipinski definition) is 0. The molecule has 0 heterocycles. The summed E-state index contributed by atoms with van der Waals surface area (Å²) in [5.74, 6) is -0.938. The maximum Gasteiger partial charge on any atom is 0.306 e. The van der Waals surface area contributed by atoms with Crippen molar-refractivity contribution in [3.05, 3.63) is 24.3 Å². The molecule has 0 aromatic rings. The third kappa shape index (κ3) is 46.9. The van der Waals surface area contributed by atoms with Crippen molar-refractivity contribution in [2.24, 2.45) is 0 Å². The number of rotatable bonds is 48. The van der Waals surface area contributed by atoms with E-state index in [0.29, 0.717) is 19.3 Å². The third-order valence-electron chi connectivity index (χ3n) is 11.7. The lowest BCUT2D eigenvalue weighted by Gasteiger charge is -2.18. The Morgan fingerprint density at radius 2 is 0.633 bits per heavy atom. The van der Waals surface area contributed by atoms with Gasteiger partial charge in [-0.2, -0.15) is 0 Å². The quantitative estimate of drug-likeness (QED) is 0.0263. The molecule has 0 aliphatic carbocycles. The molecular weight excluding hydrogens is 745 g/mol. The molecule has 0 aliphatic rings. The minimum absolute atomic E-state index is 0.0830. The molecule has 0 amide bonds. The lowest BCUT2D eigenvalue weighted by Crippen LogP contribution is -2.30. The van der Waals surface area contributed by atoms with Crippen LogP contribution >= 0.6 is 0 Å². The Labute approximate surface area is 373 Å². The molecule has 6 nitrogen and oxygen atoms in total. The fraction of sp³-hybridized carbons (Fsp3) is 0.870. The first-order chi connectivity index (χ1) is 29.5. The fourth-order valence-corrected chi connectivity index (χ4v) is 7.73. The van der Waals surface area contributed by atoms with Crippen LogP contribution in [0.15, 0.2) is 24.3 Å². The summed E-state index contributed by atoms with van der Waals surface area (Å²) in [4.78, 5) is 37.9. The molecule has 0 rings (SSSR count).